The second-order valence-corrected chi connectivity index (χ2v) is 4.26. The molecular formula is C8H10N2OS. The second-order valence-electron chi connectivity index (χ2n) is 3.39. The first kappa shape index (κ1) is 7.86. The lowest BCUT2D eigenvalue weighted by Gasteiger charge is -2.35. The number of hydrogen-bond acceptors (Lipinski definition) is 4. The smallest absolute Gasteiger partial charge is 0.126 e. The zero-order valence-corrected chi connectivity index (χ0v) is 7.51. The molecule has 0 amide bonds. The van der Waals surface area contributed by atoms with Gasteiger partial charge in [0.25, 0.3) is 0 Å². The summed E-state index contributed by atoms with van der Waals surface area (Å²) in [4.78, 5) is 11.9. The van der Waals surface area contributed by atoms with Crippen molar-refractivity contribution < 1.29 is 4.79 Å². The van der Waals surface area contributed by atoms with E-state index in [1.165, 1.54) is 18.0 Å². The third-order valence-corrected chi connectivity index (χ3v) is 3.19. The number of carbonyl (C=O) groups excluding carboxylic acids is 1. The Morgan fingerprint density at radius 3 is 2.92 bits per heavy atom. The van der Waals surface area contributed by atoms with Gasteiger partial charge >= 0.3 is 0 Å². The third-order valence-electron chi connectivity index (χ3n) is 2.53. The molecule has 0 radical (unpaired) electrons. The summed E-state index contributed by atoms with van der Waals surface area (Å²) in [6.07, 6.45) is 6.96. The summed E-state index contributed by atoms with van der Waals surface area (Å²) in [5, 5.41) is 3.75. The summed E-state index contributed by atoms with van der Waals surface area (Å²) >= 11 is 1.39. The molecule has 1 aromatic rings. The van der Waals surface area contributed by atoms with Crippen molar-refractivity contribution in [2.75, 3.05) is 0 Å². The van der Waals surface area contributed by atoms with Crippen molar-refractivity contribution >= 4 is 17.8 Å². The van der Waals surface area contributed by atoms with Crippen molar-refractivity contribution in [3.05, 3.63) is 11.1 Å². The average Bonchev–Trinajstić information content (AvgIpc) is 2.49. The van der Waals surface area contributed by atoms with Crippen LogP contribution in [0.1, 0.15) is 24.1 Å². The summed E-state index contributed by atoms with van der Waals surface area (Å²) in [7, 11) is 0. The molecule has 0 N–H and O–H groups in total. The highest BCUT2D eigenvalue weighted by atomic mass is 32.1. The fraction of sp³-hybridized carbons (Fsp3) is 0.625. The Labute approximate surface area is 75.0 Å². The molecule has 0 unspecified atom stereocenters. The predicted octanol–water partition coefficient (Wildman–Crippen LogP) is 1.45. The maximum Gasteiger partial charge on any atom is 0.126 e. The molecule has 3 nitrogen and oxygen atoms in total. The minimum atomic E-state index is -0.0613. The number of carbonyl (C=O) groups is 1. The molecule has 0 atom stereocenters. The van der Waals surface area contributed by atoms with Crippen molar-refractivity contribution in [3.63, 3.8) is 0 Å². The van der Waals surface area contributed by atoms with Crippen molar-refractivity contribution in [1.82, 2.24) is 9.59 Å². The van der Waals surface area contributed by atoms with Gasteiger partial charge in [0.1, 0.15) is 6.29 Å². The van der Waals surface area contributed by atoms with Crippen molar-refractivity contribution in [1.29, 1.82) is 0 Å². The van der Waals surface area contributed by atoms with Gasteiger partial charge in [0.05, 0.1) is 6.20 Å². The van der Waals surface area contributed by atoms with Crippen LogP contribution in [0.25, 0.3) is 0 Å². The first-order valence-corrected chi connectivity index (χ1v) is 4.85. The van der Waals surface area contributed by atoms with Crippen LogP contribution in [0.5, 0.6) is 0 Å². The summed E-state index contributed by atoms with van der Waals surface area (Å²) < 4.78 is 3.77. The quantitative estimate of drug-likeness (QED) is 0.664. The van der Waals surface area contributed by atoms with E-state index in [1.807, 2.05) is 0 Å². The van der Waals surface area contributed by atoms with Gasteiger partial charge in [-0.1, -0.05) is 10.9 Å². The Kier molecular flexibility index (Phi) is 1.92. The Morgan fingerprint density at radius 2 is 2.50 bits per heavy atom. The highest BCUT2D eigenvalue weighted by Crippen LogP contribution is 2.41. The number of aromatic nitrogens is 2. The van der Waals surface area contributed by atoms with Crippen LogP contribution >= 0.6 is 11.5 Å². The van der Waals surface area contributed by atoms with Crippen LogP contribution in [0.2, 0.25) is 0 Å². The largest absolute Gasteiger partial charge is 0.303 e. The minimum absolute atomic E-state index is 0.0613. The molecule has 1 aliphatic rings. The van der Waals surface area contributed by atoms with Crippen LogP contribution in [0.15, 0.2) is 6.20 Å². The van der Waals surface area contributed by atoms with Gasteiger partial charge in [-0.15, -0.1) is 5.10 Å². The molecule has 12 heavy (non-hydrogen) atoms. The molecule has 0 bridgehead atoms. The molecule has 1 fully saturated rings. The van der Waals surface area contributed by atoms with Crippen LogP contribution in [0.4, 0.5) is 0 Å². The predicted molar refractivity (Wildman–Crippen MR) is 46.0 cm³/mol. The molecule has 1 saturated carbocycles. The Bertz CT molecular complexity index is 267. The molecule has 1 aromatic heterocycles. The minimum Gasteiger partial charge on any atom is -0.303 e. The van der Waals surface area contributed by atoms with Gasteiger partial charge in [0.15, 0.2) is 0 Å². The molecule has 64 valence electrons. The Hall–Kier alpha value is -0.770. The van der Waals surface area contributed by atoms with E-state index >= 15 is 0 Å². The fourth-order valence-electron chi connectivity index (χ4n) is 1.58. The normalized spacial score (nSPS) is 20.0. The molecule has 0 aromatic carbocycles. The molecule has 4 heteroatoms. The zero-order valence-electron chi connectivity index (χ0n) is 6.69. The lowest BCUT2D eigenvalue weighted by Crippen LogP contribution is -2.32. The molecular weight excluding hydrogens is 172 g/mol. The van der Waals surface area contributed by atoms with E-state index in [2.05, 4.69) is 9.59 Å². The van der Waals surface area contributed by atoms with Crippen LogP contribution in [-0.4, -0.2) is 15.9 Å². The number of rotatable bonds is 3. The van der Waals surface area contributed by atoms with Crippen molar-refractivity contribution in [3.8, 4) is 0 Å². The summed E-state index contributed by atoms with van der Waals surface area (Å²) in [6, 6.07) is 0. The number of nitrogens with zero attached hydrogens (tertiary/aromatic N) is 2. The van der Waals surface area contributed by atoms with Gasteiger partial charge in [-0.05, 0) is 30.8 Å². The van der Waals surface area contributed by atoms with Crippen molar-refractivity contribution in [2.24, 2.45) is 5.41 Å². The van der Waals surface area contributed by atoms with E-state index in [-0.39, 0.29) is 5.41 Å². The van der Waals surface area contributed by atoms with E-state index in [1.54, 1.807) is 6.20 Å². The van der Waals surface area contributed by atoms with E-state index in [4.69, 9.17) is 0 Å². The standard InChI is InChI=1S/C8H10N2OS/c11-6-8(2-1-3-8)4-7-5-9-10-12-7/h5-6H,1-4H2. The van der Waals surface area contributed by atoms with E-state index in [0.29, 0.717) is 0 Å². The topological polar surface area (TPSA) is 42.9 Å². The van der Waals surface area contributed by atoms with Crippen LogP contribution in [-0.2, 0) is 11.2 Å². The van der Waals surface area contributed by atoms with Crippen LogP contribution in [0, 0.1) is 5.41 Å². The SMILES string of the molecule is O=CC1(Cc2cnns2)CCC1. The Balaban J connectivity index is 2.06. The fourth-order valence-corrected chi connectivity index (χ4v) is 2.23. The molecule has 1 heterocycles. The first-order valence-electron chi connectivity index (χ1n) is 4.07. The van der Waals surface area contributed by atoms with Gasteiger partial charge in [0, 0.05) is 10.3 Å². The highest BCUT2D eigenvalue weighted by molar-refractivity contribution is 7.05. The average molecular weight is 182 g/mol. The lowest BCUT2D eigenvalue weighted by atomic mass is 9.68. The summed E-state index contributed by atoms with van der Waals surface area (Å²) in [5.74, 6) is 0. The molecule has 0 aliphatic heterocycles. The van der Waals surface area contributed by atoms with E-state index in [9.17, 15) is 4.79 Å². The third kappa shape index (κ3) is 1.27. The number of hydrogen-bond donors (Lipinski definition) is 0. The zero-order chi connectivity index (χ0) is 8.44. The van der Waals surface area contributed by atoms with Crippen LogP contribution < -0.4 is 0 Å². The second kappa shape index (κ2) is 2.94. The lowest BCUT2D eigenvalue weighted by molar-refractivity contribution is -0.120. The van der Waals surface area contributed by atoms with Gasteiger partial charge in [-0.3, -0.25) is 0 Å². The number of aldehydes is 1. The maximum atomic E-state index is 10.8. The van der Waals surface area contributed by atoms with Gasteiger partial charge in [-0.2, -0.15) is 0 Å². The van der Waals surface area contributed by atoms with Crippen LogP contribution in [0.3, 0.4) is 0 Å². The molecule has 0 saturated heterocycles. The Morgan fingerprint density at radius 1 is 1.67 bits per heavy atom. The van der Waals surface area contributed by atoms with Gasteiger partial charge in [0.2, 0.25) is 0 Å². The van der Waals surface area contributed by atoms with E-state index < -0.39 is 0 Å². The molecule has 2 rings (SSSR count). The van der Waals surface area contributed by atoms with E-state index in [0.717, 1.165) is 30.4 Å². The molecule has 1 aliphatic carbocycles. The maximum absolute atomic E-state index is 10.8. The van der Waals surface area contributed by atoms with Gasteiger partial charge in [-0.25, -0.2) is 0 Å². The van der Waals surface area contributed by atoms with Gasteiger partial charge < -0.3 is 4.79 Å². The molecule has 0 spiro atoms. The summed E-state index contributed by atoms with van der Waals surface area (Å²) in [6.45, 7) is 0. The summed E-state index contributed by atoms with van der Waals surface area (Å²) in [5.41, 5.74) is -0.0613. The first-order chi connectivity index (χ1) is 5.85. The monoisotopic (exact) mass is 182 g/mol. The van der Waals surface area contributed by atoms with Crippen molar-refractivity contribution in [2.45, 2.75) is 25.7 Å². The highest BCUT2D eigenvalue weighted by Gasteiger charge is 2.37.